The maximum absolute atomic E-state index is 13.0. The Hall–Kier alpha value is -3.21. The molecule has 0 unspecified atom stereocenters. The van der Waals surface area contributed by atoms with Crippen LogP contribution in [0, 0.1) is 13.8 Å². The smallest absolute Gasteiger partial charge is 0.333 e. The molecule has 0 aliphatic rings. The van der Waals surface area contributed by atoms with Gasteiger partial charge in [0.1, 0.15) is 0 Å². The summed E-state index contributed by atoms with van der Waals surface area (Å²) in [6, 6.07) is 10.1. The van der Waals surface area contributed by atoms with E-state index in [1.807, 2.05) is 35.8 Å². The van der Waals surface area contributed by atoms with Crippen molar-refractivity contribution < 1.29 is 9.47 Å². The average molecular weight is 421 g/mol. The quantitative estimate of drug-likeness (QED) is 0.321. The minimum absolute atomic E-state index is 0.0344. The van der Waals surface area contributed by atoms with Crippen LogP contribution < -0.4 is 15.2 Å². The van der Waals surface area contributed by atoms with Crippen molar-refractivity contribution in [1.82, 2.24) is 9.13 Å². The molecule has 3 aromatic rings. The monoisotopic (exact) mass is 420 g/mol. The second-order valence-electron chi connectivity index (χ2n) is 7.96. The standard InChI is InChI=1S/C26H32N2O3/c1-7-10-21-11-12-24(25(17-21)30-6)31-14-9-8-13-27-22-15-19(4)20(5)16-23(22)28(18(2)3)26(27)29/h7,11-12,15-17H,1-2,8-10,13-14H2,3-6H3. The van der Waals surface area contributed by atoms with Gasteiger partial charge in [-0.1, -0.05) is 18.7 Å². The lowest BCUT2D eigenvalue weighted by molar-refractivity contribution is 0.283. The molecule has 1 aromatic heterocycles. The number of unbranched alkanes of at least 4 members (excludes halogenated alkanes) is 1. The topological polar surface area (TPSA) is 45.4 Å². The summed E-state index contributed by atoms with van der Waals surface area (Å²) in [6.45, 7) is 15.0. The molecule has 0 aliphatic carbocycles. The highest BCUT2D eigenvalue weighted by Gasteiger charge is 2.15. The zero-order chi connectivity index (χ0) is 22.5. The lowest BCUT2D eigenvalue weighted by Gasteiger charge is -2.12. The fraction of sp³-hybridized carbons (Fsp3) is 0.346. The number of rotatable bonds is 10. The minimum atomic E-state index is -0.0344. The SMILES string of the molecule is C=CCc1ccc(OCCCCn2c(=O)n(C(=C)C)c3cc(C)c(C)cc32)c(OC)c1. The van der Waals surface area contributed by atoms with E-state index in [1.165, 1.54) is 11.1 Å². The number of ether oxygens (including phenoxy) is 2. The fourth-order valence-electron chi connectivity index (χ4n) is 3.77. The van der Waals surface area contributed by atoms with Gasteiger partial charge in [0.2, 0.25) is 0 Å². The first-order chi connectivity index (χ1) is 14.9. The van der Waals surface area contributed by atoms with E-state index in [-0.39, 0.29) is 5.69 Å². The van der Waals surface area contributed by atoms with Gasteiger partial charge in [0.05, 0.1) is 24.8 Å². The van der Waals surface area contributed by atoms with Crippen LogP contribution in [0.3, 0.4) is 0 Å². The van der Waals surface area contributed by atoms with Crippen LogP contribution in [0.2, 0.25) is 0 Å². The number of hydrogen-bond acceptors (Lipinski definition) is 3. The Morgan fingerprint density at radius 3 is 2.42 bits per heavy atom. The Labute approximate surface area is 184 Å². The summed E-state index contributed by atoms with van der Waals surface area (Å²) < 4.78 is 14.9. The maximum Gasteiger partial charge on any atom is 0.333 e. The number of imidazole rings is 1. The number of aryl methyl sites for hydroxylation is 3. The zero-order valence-corrected chi connectivity index (χ0v) is 19.0. The van der Waals surface area contributed by atoms with Gasteiger partial charge < -0.3 is 9.47 Å². The number of methoxy groups -OCH3 is 1. The Bertz CT molecular complexity index is 1170. The summed E-state index contributed by atoms with van der Waals surface area (Å²) in [7, 11) is 1.65. The van der Waals surface area contributed by atoms with Gasteiger partial charge in [-0.2, -0.15) is 0 Å². The van der Waals surface area contributed by atoms with Crippen molar-refractivity contribution in [1.29, 1.82) is 0 Å². The normalized spacial score (nSPS) is 11.0. The van der Waals surface area contributed by atoms with Gasteiger partial charge in [-0.3, -0.25) is 9.13 Å². The van der Waals surface area contributed by atoms with Gasteiger partial charge in [0.15, 0.2) is 11.5 Å². The van der Waals surface area contributed by atoms with Crippen molar-refractivity contribution in [2.24, 2.45) is 0 Å². The molecule has 0 atom stereocenters. The predicted molar refractivity (Wildman–Crippen MR) is 128 cm³/mol. The lowest BCUT2D eigenvalue weighted by atomic mass is 10.1. The van der Waals surface area contributed by atoms with E-state index in [2.05, 4.69) is 39.1 Å². The van der Waals surface area contributed by atoms with Crippen molar-refractivity contribution in [2.45, 2.75) is 46.6 Å². The molecule has 3 rings (SSSR count). The first-order valence-corrected chi connectivity index (χ1v) is 10.7. The third kappa shape index (κ3) is 4.76. The molecule has 164 valence electrons. The van der Waals surface area contributed by atoms with Gasteiger partial charge in [0.25, 0.3) is 0 Å². The van der Waals surface area contributed by atoms with Crippen LogP contribution in [0.4, 0.5) is 0 Å². The Morgan fingerprint density at radius 1 is 1.06 bits per heavy atom. The van der Waals surface area contributed by atoms with Gasteiger partial charge >= 0.3 is 5.69 Å². The molecule has 0 spiro atoms. The third-order valence-electron chi connectivity index (χ3n) is 5.57. The molecule has 0 fully saturated rings. The molecule has 1 heterocycles. The highest BCUT2D eigenvalue weighted by molar-refractivity contribution is 5.81. The van der Waals surface area contributed by atoms with E-state index in [0.717, 1.165) is 53.1 Å². The largest absolute Gasteiger partial charge is 0.493 e. The first-order valence-electron chi connectivity index (χ1n) is 10.7. The molecule has 31 heavy (non-hydrogen) atoms. The van der Waals surface area contributed by atoms with Crippen molar-refractivity contribution in [3.8, 4) is 11.5 Å². The highest BCUT2D eigenvalue weighted by atomic mass is 16.5. The van der Waals surface area contributed by atoms with Gasteiger partial charge in [0, 0.05) is 12.2 Å². The lowest BCUT2D eigenvalue weighted by Crippen LogP contribution is -2.23. The molecule has 0 aliphatic heterocycles. The first kappa shape index (κ1) is 22.5. The van der Waals surface area contributed by atoms with E-state index < -0.39 is 0 Å². The Morgan fingerprint density at radius 2 is 1.77 bits per heavy atom. The van der Waals surface area contributed by atoms with Crippen LogP contribution in [-0.2, 0) is 13.0 Å². The van der Waals surface area contributed by atoms with Crippen LogP contribution in [0.15, 0.2) is 54.4 Å². The summed E-state index contributed by atoms with van der Waals surface area (Å²) in [4.78, 5) is 13.0. The summed E-state index contributed by atoms with van der Waals surface area (Å²) in [5, 5.41) is 0. The molecule has 5 heteroatoms. The summed E-state index contributed by atoms with van der Waals surface area (Å²) in [5.41, 5.74) is 6.05. The fourth-order valence-corrected chi connectivity index (χ4v) is 3.77. The van der Waals surface area contributed by atoms with E-state index in [4.69, 9.17) is 9.47 Å². The second kappa shape index (κ2) is 9.73. The molecule has 0 radical (unpaired) electrons. The average Bonchev–Trinajstić information content (AvgIpc) is 2.99. The van der Waals surface area contributed by atoms with Crippen LogP contribution in [0.1, 0.15) is 36.5 Å². The Balaban J connectivity index is 1.68. The molecule has 0 bridgehead atoms. The van der Waals surface area contributed by atoms with E-state index in [0.29, 0.717) is 13.2 Å². The molecule has 0 saturated heterocycles. The number of nitrogens with zero attached hydrogens (tertiary/aromatic N) is 2. The van der Waals surface area contributed by atoms with Crippen LogP contribution in [0.25, 0.3) is 16.7 Å². The number of fused-ring (bicyclic) bond motifs is 1. The van der Waals surface area contributed by atoms with Crippen LogP contribution in [-0.4, -0.2) is 22.9 Å². The number of hydrogen-bond donors (Lipinski definition) is 0. The minimum Gasteiger partial charge on any atom is -0.493 e. The van der Waals surface area contributed by atoms with Crippen LogP contribution in [0.5, 0.6) is 11.5 Å². The summed E-state index contributed by atoms with van der Waals surface area (Å²) in [5.74, 6) is 1.46. The molecule has 0 saturated carbocycles. The highest BCUT2D eigenvalue weighted by Crippen LogP contribution is 2.28. The zero-order valence-electron chi connectivity index (χ0n) is 19.0. The maximum atomic E-state index is 13.0. The number of allylic oxidation sites excluding steroid dienone is 2. The molecular weight excluding hydrogens is 388 g/mol. The molecule has 0 amide bonds. The molecule has 0 N–H and O–H groups in total. The molecular formula is C26H32N2O3. The number of benzene rings is 2. The predicted octanol–water partition coefficient (Wildman–Crippen LogP) is 5.51. The van der Waals surface area contributed by atoms with Crippen LogP contribution >= 0.6 is 0 Å². The van der Waals surface area contributed by atoms with E-state index in [1.54, 1.807) is 11.7 Å². The van der Waals surface area contributed by atoms with Gasteiger partial charge in [-0.15, -0.1) is 6.58 Å². The summed E-state index contributed by atoms with van der Waals surface area (Å²) in [6.07, 6.45) is 4.32. The van der Waals surface area contributed by atoms with Gasteiger partial charge in [-0.05, 0) is 81.0 Å². The summed E-state index contributed by atoms with van der Waals surface area (Å²) >= 11 is 0. The van der Waals surface area contributed by atoms with Crippen molar-refractivity contribution in [2.75, 3.05) is 13.7 Å². The third-order valence-corrected chi connectivity index (χ3v) is 5.57. The number of aromatic nitrogens is 2. The molecule has 5 nitrogen and oxygen atoms in total. The van der Waals surface area contributed by atoms with Gasteiger partial charge in [-0.25, -0.2) is 4.79 Å². The van der Waals surface area contributed by atoms with Crippen molar-refractivity contribution in [3.05, 3.63) is 76.7 Å². The Kier molecular flexibility index (Phi) is 7.06. The van der Waals surface area contributed by atoms with Crippen molar-refractivity contribution in [3.63, 3.8) is 0 Å². The van der Waals surface area contributed by atoms with Crippen molar-refractivity contribution >= 4 is 16.7 Å². The molecule has 2 aromatic carbocycles. The van der Waals surface area contributed by atoms with E-state index in [9.17, 15) is 4.79 Å². The van der Waals surface area contributed by atoms with E-state index >= 15 is 0 Å². The second-order valence-corrected chi connectivity index (χ2v) is 7.96.